The van der Waals surface area contributed by atoms with E-state index in [-0.39, 0.29) is 11.9 Å². The minimum atomic E-state index is -0.616. The highest BCUT2D eigenvalue weighted by Gasteiger charge is 2.16. The van der Waals surface area contributed by atoms with Crippen LogP contribution in [0, 0.1) is 0 Å². The number of nitrogens with two attached hydrogens (primary N) is 1. The maximum absolute atomic E-state index is 11.8. The highest BCUT2D eigenvalue weighted by atomic mass is 16.2. The molecule has 2 aromatic rings. The average molecular weight is 275 g/mol. The van der Waals surface area contributed by atoms with Crippen molar-refractivity contribution in [1.82, 2.24) is 15.2 Å². The number of nitrogens with zero attached hydrogens (tertiary/aromatic N) is 2. The molecule has 20 heavy (non-hydrogen) atoms. The van der Waals surface area contributed by atoms with Crippen LogP contribution in [-0.4, -0.2) is 21.2 Å². The Morgan fingerprint density at radius 3 is 2.45 bits per heavy atom. The molecule has 2 rings (SSSR count). The van der Waals surface area contributed by atoms with Crippen molar-refractivity contribution >= 4 is 11.5 Å². The summed E-state index contributed by atoms with van der Waals surface area (Å²) in [5.74, 6) is 0.191. The number of aromatic nitrogens is 3. The van der Waals surface area contributed by atoms with Crippen LogP contribution in [-0.2, 0) is 6.54 Å². The van der Waals surface area contributed by atoms with Crippen molar-refractivity contribution in [2.45, 2.75) is 26.4 Å². The van der Waals surface area contributed by atoms with Crippen molar-refractivity contribution in [1.29, 1.82) is 0 Å². The predicted molar refractivity (Wildman–Crippen MR) is 77.7 cm³/mol. The van der Waals surface area contributed by atoms with Gasteiger partial charge in [0.15, 0.2) is 0 Å². The maximum Gasteiger partial charge on any atom is 0.342 e. The second-order valence-electron chi connectivity index (χ2n) is 4.79. The van der Waals surface area contributed by atoms with Crippen LogP contribution in [0.4, 0.5) is 11.5 Å². The van der Waals surface area contributed by atoms with E-state index in [2.05, 4.69) is 15.2 Å². The zero-order valence-electron chi connectivity index (χ0n) is 11.4. The van der Waals surface area contributed by atoms with E-state index >= 15 is 0 Å². The SMILES string of the molecule is CC(C)N(Cc1ccc(N)cc1)c1n[nH]c(=O)[nH]c1=O. The van der Waals surface area contributed by atoms with E-state index in [4.69, 9.17) is 5.73 Å². The molecule has 0 fully saturated rings. The van der Waals surface area contributed by atoms with Crippen molar-refractivity contribution < 1.29 is 0 Å². The Morgan fingerprint density at radius 1 is 1.25 bits per heavy atom. The molecule has 0 aliphatic carbocycles. The molecule has 0 atom stereocenters. The summed E-state index contributed by atoms with van der Waals surface area (Å²) in [4.78, 5) is 26.8. The first-order valence-corrected chi connectivity index (χ1v) is 6.27. The fourth-order valence-corrected chi connectivity index (χ4v) is 1.86. The molecule has 0 aliphatic rings. The van der Waals surface area contributed by atoms with Crippen LogP contribution in [0.3, 0.4) is 0 Å². The predicted octanol–water partition coefficient (Wildman–Crippen LogP) is 0.455. The van der Waals surface area contributed by atoms with Crippen molar-refractivity contribution in [3.63, 3.8) is 0 Å². The summed E-state index contributed by atoms with van der Waals surface area (Å²) in [6.45, 7) is 4.40. The Bertz CT molecular complexity index is 687. The van der Waals surface area contributed by atoms with Crippen molar-refractivity contribution in [2.24, 2.45) is 0 Å². The Hall–Kier alpha value is -2.57. The molecule has 1 heterocycles. The molecule has 0 radical (unpaired) electrons. The number of rotatable bonds is 4. The Kier molecular flexibility index (Phi) is 3.88. The second kappa shape index (κ2) is 5.60. The number of nitrogens with one attached hydrogen (secondary N) is 2. The van der Waals surface area contributed by atoms with E-state index in [0.29, 0.717) is 12.2 Å². The summed E-state index contributed by atoms with van der Waals surface area (Å²) in [5.41, 5.74) is 6.22. The highest BCUT2D eigenvalue weighted by Crippen LogP contribution is 2.14. The lowest BCUT2D eigenvalue weighted by molar-refractivity contribution is 0.655. The molecule has 1 aromatic heterocycles. The van der Waals surface area contributed by atoms with Gasteiger partial charge in [-0.1, -0.05) is 12.1 Å². The molecule has 0 bridgehead atoms. The molecule has 106 valence electrons. The van der Waals surface area contributed by atoms with Gasteiger partial charge in [0, 0.05) is 18.3 Å². The first-order valence-electron chi connectivity index (χ1n) is 6.27. The van der Waals surface area contributed by atoms with Gasteiger partial charge in [-0.3, -0.25) is 9.78 Å². The van der Waals surface area contributed by atoms with Gasteiger partial charge in [0.25, 0.3) is 5.56 Å². The topological polar surface area (TPSA) is 108 Å². The van der Waals surface area contributed by atoms with Crippen LogP contribution in [0.15, 0.2) is 33.9 Å². The number of benzene rings is 1. The monoisotopic (exact) mass is 275 g/mol. The summed E-state index contributed by atoms with van der Waals surface area (Å²) in [6, 6.07) is 7.44. The fourth-order valence-electron chi connectivity index (χ4n) is 1.86. The molecule has 4 N–H and O–H groups in total. The highest BCUT2D eigenvalue weighted by molar-refractivity contribution is 5.42. The first-order chi connectivity index (χ1) is 9.47. The van der Waals surface area contributed by atoms with Crippen LogP contribution in [0.5, 0.6) is 0 Å². The summed E-state index contributed by atoms with van der Waals surface area (Å²) < 4.78 is 0. The molecule has 0 spiro atoms. The third kappa shape index (κ3) is 3.05. The molecule has 0 saturated heterocycles. The minimum Gasteiger partial charge on any atom is -0.399 e. The normalized spacial score (nSPS) is 10.8. The summed E-state index contributed by atoms with van der Waals surface area (Å²) in [7, 11) is 0. The van der Waals surface area contributed by atoms with Gasteiger partial charge in [0.2, 0.25) is 5.82 Å². The smallest absolute Gasteiger partial charge is 0.342 e. The number of anilines is 2. The van der Waals surface area contributed by atoms with E-state index < -0.39 is 11.2 Å². The molecule has 7 nitrogen and oxygen atoms in total. The van der Waals surface area contributed by atoms with Gasteiger partial charge in [0.1, 0.15) is 0 Å². The van der Waals surface area contributed by atoms with Gasteiger partial charge in [-0.15, -0.1) is 5.10 Å². The van der Waals surface area contributed by atoms with Crippen LogP contribution in [0.25, 0.3) is 0 Å². The third-order valence-electron chi connectivity index (χ3n) is 2.92. The lowest BCUT2D eigenvalue weighted by Crippen LogP contribution is -2.38. The van der Waals surface area contributed by atoms with E-state index in [1.165, 1.54) is 0 Å². The fraction of sp³-hybridized carbons (Fsp3) is 0.308. The minimum absolute atomic E-state index is 0.0482. The maximum atomic E-state index is 11.8. The lowest BCUT2D eigenvalue weighted by Gasteiger charge is -2.26. The Morgan fingerprint density at radius 2 is 1.90 bits per heavy atom. The number of aromatic amines is 2. The van der Waals surface area contributed by atoms with E-state index in [9.17, 15) is 9.59 Å². The summed E-state index contributed by atoms with van der Waals surface area (Å²) in [6.07, 6.45) is 0. The molecular formula is C13H17N5O2. The molecule has 7 heteroatoms. The molecular weight excluding hydrogens is 258 g/mol. The molecule has 0 unspecified atom stereocenters. The van der Waals surface area contributed by atoms with Crippen molar-refractivity contribution in [3.05, 3.63) is 50.7 Å². The summed E-state index contributed by atoms with van der Waals surface area (Å²) in [5, 5.41) is 6.08. The van der Waals surface area contributed by atoms with Crippen LogP contribution in [0.1, 0.15) is 19.4 Å². The Balaban J connectivity index is 2.34. The number of H-pyrrole nitrogens is 2. The van der Waals surface area contributed by atoms with Gasteiger partial charge in [-0.25, -0.2) is 9.89 Å². The van der Waals surface area contributed by atoms with Gasteiger partial charge < -0.3 is 10.6 Å². The van der Waals surface area contributed by atoms with Crippen LogP contribution < -0.4 is 21.9 Å². The van der Waals surface area contributed by atoms with Crippen LogP contribution >= 0.6 is 0 Å². The van der Waals surface area contributed by atoms with Gasteiger partial charge in [0.05, 0.1) is 0 Å². The number of hydrogen-bond donors (Lipinski definition) is 3. The zero-order valence-corrected chi connectivity index (χ0v) is 11.4. The quantitative estimate of drug-likeness (QED) is 0.702. The summed E-state index contributed by atoms with van der Waals surface area (Å²) >= 11 is 0. The molecule has 1 aromatic carbocycles. The molecule has 0 amide bonds. The van der Waals surface area contributed by atoms with Gasteiger partial charge in [-0.05, 0) is 31.5 Å². The standard InChI is InChI=1S/C13H17N5O2/c1-8(2)18(7-9-3-5-10(14)6-4-9)11-12(19)15-13(20)17-16-11/h3-6,8H,7,14H2,1-2H3,(H2,15,17,19,20). The van der Waals surface area contributed by atoms with Crippen molar-refractivity contribution in [3.8, 4) is 0 Å². The number of nitrogen functional groups attached to an aromatic ring is 1. The average Bonchev–Trinajstić information content (AvgIpc) is 2.39. The lowest BCUT2D eigenvalue weighted by atomic mass is 10.1. The van der Waals surface area contributed by atoms with Crippen LogP contribution in [0.2, 0.25) is 0 Å². The molecule has 0 saturated carbocycles. The zero-order chi connectivity index (χ0) is 14.7. The largest absolute Gasteiger partial charge is 0.399 e. The van der Waals surface area contributed by atoms with Gasteiger partial charge >= 0.3 is 5.69 Å². The van der Waals surface area contributed by atoms with E-state index in [1.807, 2.05) is 26.0 Å². The third-order valence-corrected chi connectivity index (χ3v) is 2.92. The Labute approximate surface area is 115 Å². The van der Waals surface area contributed by atoms with Crippen molar-refractivity contribution in [2.75, 3.05) is 10.6 Å². The molecule has 0 aliphatic heterocycles. The van der Waals surface area contributed by atoms with E-state index in [1.54, 1.807) is 17.0 Å². The van der Waals surface area contributed by atoms with E-state index in [0.717, 1.165) is 5.56 Å². The second-order valence-corrected chi connectivity index (χ2v) is 4.79. The van der Waals surface area contributed by atoms with Gasteiger partial charge in [-0.2, -0.15) is 0 Å². The first kappa shape index (κ1) is 13.9. The number of hydrogen-bond acceptors (Lipinski definition) is 5.